The van der Waals surface area contributed by atoms with Crippen molar-refractivity contribution in [2.75, 3.05) is 47.8 Å². The van der Waals surface area contributed by atoms with Crippen LogP contribution in [0.4, 0.5) is 42.9 Å². The number of hydrogen-bond acceptors (Lipinski definition) is 21. The van der Waals surface area contributed by atoms with Crippen molar-refractivity contribution in [2.45, 2.75) is 92.0 Å². The second-order valence-electron chi connectivity index (χ2n) is 27.9. The fourth-order valence-electron chi connectivity index (χ4n) is 13.9. The monoisotopic (exact) mass is 1860 g/mol. The molecule has 0 N–H and O–H groups in total. The van der Waals surface area contributed by atoms with Gasteiger partial charge in [-0.15, -0.1) is 45.3 Å². The molecule has 0 unspecified atom stereocenters. The minimum absolute atomic E-state index is 0. The Morgan fingerprint density at radius 2 is 0.935 bits per heavy atom. The van der Waals surface area contributed by atoms with Crippen molar-refractivity contribution in [2.24, 2.45) is 0 Å². The summed E-state index contributed by atoms with van der Waals surface area (Å²) in [6.07, 6.45) is 19.6. The van der Waals surface area contributed by atoms with Gasteiger partial charge in [0.25, 0.3) is 32.3 Å². The third-order valence-electron chi connectivity index (χ3n) is 20.3. The molecular formula is C90H73Cl2F2N15O4S10. The van der Waals surface area contributed by atoms with E-state index in [-0.39, 0.29) is 64.7 Å². The minimum Gasteiger partial charge on any atom is -1.00 e. The molecule has 0 bridgehead atoms. The van der Waals surface area contributed by atoms with Gasteiger partial charge in [-0.25, -0.2) is 18.5 Å². The summed E-state index contributed by atoms with van der Waals surface area (Å²) in [5, 5.41) is 19.1. The molecule has 0 atom stereocenters. The van der Waals surface area contributed by atoms with Crippen LogP contribution in [-0.4, -0.2) is 56.4 Å². The summed E-state index contributed by atoms with van der Waals surface area (Å²) >= 11 is 15.3. The van der Waals surface area contributed by atoms with Crippen LogP contribution in [0.1, 0.15) is 77.6 Å². The lowest BCUT2D eigenvalue weighted by molar-refractivity contribution is -0.685. The van der Waals surface area contributed by atoms with Gasteiger partial charge in [-0.3, -0.25) is 47.4 Å². The Labute approximate surface area is 758 Å². The van der Waals surface area contributed by atoms with Crippen LogP contribution < -0.4 is 113 Å². The molecule has 8 aromatic heterocycles. The van der Waals surface area contributed by atoms with Crippen molar-refractivity contribution in [1.82, 2.24) is 28.2 Å². The summed E-state index contributed by atoms with van der Waals surface area (Å²) in [6.45, 7) is 23.6. The number of fused-ring (bicyclic) bond motifs is 4. The van der Waals surface area contributed by atoms with Crippen LogP contribution in [0.3, 0.4) is 0 Å². The van der Waals surface area contributed by atoms with E-state index >= 15 is 0 Å². The molecule has 620 valence electrons. The first-order valence-electron chi connectivity index (χ1n) is 38.2. The second-order valence-corrected chi connectivity index (χ2v) is 38.0. The largest absolute Gasteiger partial charge is 1.00 e. The van der Waals surface area contributed by atoms with Crippen LogP contribution in [-0.2, 0) is 32.7 Å². The molecule has 1 fully saturated rings. The average Bonchev–Trinajstić information content (AvgIpc) is 1.22. The zero-order valence-electron chi connectivity index (χ0n) is 66.8. The first kappa shape index (κ1) is 88.4. The summed E-state index contributed by atoms with van der Waals surface area (Å²) in [7, 11) is 7.75. The van der Waals surface area contributed by atoms with Crippen LogP contribution in [0.15, 0.2) is 238 Å². The smallest absolute Gasteiger partial charge is 0.272 e. The molecule has 4 aliphatic heterocycles. The first-order chi connectivity index (χ1) is 58.8. The van der Waals surface area contributed by atoms with E-state index in [1.54, 1.807) is 86.1 Å². The highest BCUT2D eigenvalue weighted by molar-refractivity contribution is 8.09. The fourth-order valence-corrected chi connectivity index (χ4v) is 25.5. The normalized spacial score (nSPS) is 15.8. The molecule has 33 heteroatoms. The highest BCUT2D eigenvalue weighted by Crippen LogP contribution is 2.50. The van der Waals surface area contributed by atoms with Gasteiger partial charge in [0.2, 0.25) is 0 Å². The van der Waals surface area contributed by atoms with Gasteiger partial charge < -0.3 is 44.4 Å². The lowest BCUT2D eigenvalue weighted by Gasteiger charge is -2.12. The third-order valence-corrected chi connectivity index (χ3v) is 31.8. The topological polar surface area (TPSA) is 167 Å². The standard InChI is InChI=1S/C25H20FN4OS3.C25H21N4OS3.C20H16FN3OS2.C20H16N4OS2.2ClH/c1-3-30-22(13-21-29(10-11-32-21)15-17-7-5-4-6-16(17)14-27)34-23(24(30)31)25-28(2)19-9-8-18(26)12-20(19)33-25;1-4-29-22(15-21-28(12-13-31-21)16-17-8-6-5-7-9-17)33-23(24(29)30)25-27(3)19-14-18(26-2)10-11-20(19)32-25;1-23-15-5-2-13(21)11-16(15)26-20(23)18-19(25)24(14-3-4-14)17(27-18)10-12-6-8-22-9-7-12;1-4-24-17(12-14-7-5-6-10-22-14)27-18(19(24)25)20-23(3)15-11-13(21-2)8-9-16(15)26-20;;/h4-13H,3,15H2,1-2H3;5-15H,4,16H2,1,3H3;2,5-11,14H,3-4H2,1H3;5-12H,4H2,1,3H3;2*1H/q2*+1;;;;/p-2/b2*25-23+;17-10-,20-18+;17-12-,20-18+;;. The van der Waals surface area contributed by atoms with E-state index in [0.29, 0.717) is 56.7 Å². The van der Waals surface area contributed by atoms with Crippen LogP contribution in [0, 0.1) is 36.1 Å². The number of halogens is 4. The second kappa shape index (κ2) is 38.9. The molecule has 6 aromatic carbocycles. The highest BCUT2D eigenvalue weighted by atomic mass is 35.5. The maximum atomic E-state index is 13.7. The summed E-state index contributed by atoms with van der Waals surface area (Å²) in [6, 6.07) is 50.9. The van der Waals surface area contributed by atoms with Crippen molar-refractivity contribution in [1.29, 1.82) is 5.26 Å². The average molecular weight is 1860 g/mol. The Hall–Kier alpha value is -10.9. The van der Waals surface area contributed by atoms with Crippen molar-refractivity contribution in [3.8, 4) is 6.07 Å². The molecule has 19 nitrogen and oxygen atoms in total. The Morgan fingerprint density at radius 1 is 0.488 bits per heavy atom. The Morgan fingerprint density at radius 3 is 1.41 bits per heavy atom. The molecular weight excluding hydrogens is 1780 g/mol. The predicted octanol–water partition coefficient (Wildman–Crippen LogP) is 7.42. The van der Waals surface area contributed by atoms with Gasteiger partial charge in [0.1, 0.15) is 63.9 Å². The molecule has 14 aromatic rings. The van der Waals surface area contributed by atoms with Gasteiger partial charge in [-0.1, -0.05) is 149 Å². The number of pyridine rings is 2. The van der Waals surface area contributed by atoms with E-state index in [1.807, 2.05) is 205 Å². The number of benzene rings is 6. The van der Waals surface area contributed by atoms with Crippen molar-refractivity contribution >= 4 is 194 Å². The Kier molecular flexibility index (Phi) is 27.9. The molecule has 1 aliphatic carbocycles. The summed E-state index contributed by atoms with van der Waals surface area (Å²) in [4.78, 5) is 80.2. The molecule has 0 spiro atoms. The van der Waals surface area contributed by atoms with E-state index in [4.69, 9.17) is 13.1 Å². The van der Waals surface area contributed by atoms with Crippen molar-refractivity contribution < 1.29 is 42.7 Å². The number of hydrogen-bond donors (Lipinski definition) is 0. The van der Waals surface area contributed by atoms with E-state index in [9.17, 15) is 33.2 Å². The molecule has 1 saturated carbocycles. The van der Waals surface area contributed by atoms with Gasteiger partial charge in [-0.05, 0) is 130 Å². The van der Waals surface area contributed by atoms with Crippen LogP contribution in [0.2, 0.25) is 0 Å². The number of thiazole rings is 6. The van der Waals surface area contributed by atoms with Gasteiger partial charge in [-0.2, -0.15) is 14.4 Å². The highest BCUT2D eigenvalue weighted by Gasteiger charge is 2.33. The summed E-state index contributed by atoms with van der Waals surface area (Å²) in [5.41, 5.74) is 9.73. The zero-order valence-corrected chi connectivity index (χ0v) is 76.5. The van der Waals surface area contributed by atoms with Gasteiger partial charge in [0.15, 0.2) is 36.9 Å². The van der Waals surface area contributed by atoms with E-state index in [0.717, 1.165) is 132 Å². The molecule has 5 aliphatic rings. The van der Waals surface area contributed by atoms with E-state index in [2.05, 4.69) is 76.8 Å². The van der Waals surface area contributed by atoms with E-state index < -0.39 is 0 Å². The SMILES string of the molecule is CCn1c(=O)/c(=C2\Sc3cc(F)ccc3N2C)s/c1=C\c1scc[n+]1Cc1ccccc1C#N.CN1/C(=c2\s/c(=C\c3ccncc3)n(C3CC3)c2=O)Sc2cc(F)ccc21.[C-]#[N+]c1ccc2c(c1)N(C)/C(=c1\s/c(=C\c3ccccn3)n(CC)c1=O)S2.[C-]#[N+]c1ccc2c(c1)N(C)/C(=c1\s/c(=C\c3scc[n+]3Cc3ccccc3)n(CC)c1=O)S2.[Cl-].[Cl-]. The van der Waals surface area contributed by atoms with Crippen molar-refractivity contribution in [3.63, 3.8) is 0 Å². The molecule has 0 radical (unpaired) electrons. The zero-order chi connectivity index (χ0) is 84.3. The van der Waals surface area contributed by atoms with Gasteiger partial charge >= 0.3 is 0 Å². The number of nitriles is 1. The molecule has 0 saturated heterocycles. The molecule has 0 amide bonds. The quantitative estimate of drug-likeness (QED) is 0.0875. The molecule has 19 rings (SSSR count). The van der Waals surface area contributed by atoms with Crippen molar-refractivity contribution in [3.05, 3.63) is 350 Å². The summed E-state index contributed by atoms with van der Waals surface area (Å²) in [5.74, 6) is -0.545. The molecule has 12 heterocycles. The maximum absolute atomic E-state index is 13.7. The van der Waals surface area contributed by atoms with Crippen LogP contribution >= 0.6 is 115 Å². The summed E-state index contributed by atoms with van der Waals surface area (Å²) < 4.78 is 45.4. The molecule has 123 heavy (non-hydrogen) atoms. The fraction of sp³-hybridized carbons (Fsp3) is 0.167. The lowest BCUT2D eigenvalue weighted by Crippen LogP contribution is -3.00. The van der Waals surface area contributed by atoms with Crippen LogP contribution in [0.5, 0.6) is 0 Å². The number of thioether (sulfide) groups is 4. The minimum atomic E-state index is -0.285. The van der Waals surface area contributed by atoms with E-state index in [1.165, 1.54) is 98.7 Å². The number of rotatable bonds is 12. The predicted molar refractivity (Wildman–Crippen MR) is 493 cm³/mol. The Bertz CT molecular complexity index is 7390. The third kappa shape index (κ3) is 18.5. The van der Waals surface area contributed by atoms with Gasteiger partial charge in [0.05, 0.1) is 69.4 Å². The number of nitrogens with zero attached hydrogens (tertiary/aromatic N) is 15. The Balaban J connectivity index is 0.000000134. The number of anilines is 4. The number of aromatic nitrogens is 8. The lowest BCUT2D eigenvalue weighted by atomic mass is 10.1. The van der Waals surface area contributed by atoms with Gasteiger partial charge in [0, 0.05) is 115 Å². The first-order valence-corrected chi connectivity index (χ1v) is 46.5. The van der Waals surface area contributed by atoms with Crippen LogP contribution in [0.25, 0.3) is 54.1 Å². The maximum Gasteiger partial charge on any atom is 0.272 e.